The third-order valence-corrected chi connectivity index (χ3v) is 6.80. The van der Waals surface area contributed by atoms with Crippen LogP contribution in [0.2, 0.25) is 0 Å². The van der Waals surface area contributed by atoms with Gasteiger partial charge in [-0.05, 0) is 60.0 Å². The zero-order chi connectivity index (χ0) is 24.7. The van der Waals surface area contributed by atoms with E-state index in [9.17, 15) is 13.2 Å². The Labute approximate surface area is 205 Å². The first-order valence-corrected chi connectivity index (χ1v) is 12.7. The predicted molar refractivity (Wildman–Crippen MR) is 138 cm³/mol. The molecule has 0 spiro atoms. The molecule has 0 saturated heterocycles. The van der Waals surface area contributed by atoms with Gasteiger partial charge in [0, 0.05) is 12.2 Å². The largest absolute Gasteiger partial charge is 0.481 e. The summed E-state index contributed by atoms with van der Waals surface area (Å²) < 4.78 is 33.4. The minimum atomic E-state index is -3.67. The van der Waals surface area contributed by atoms with Crippen LogP contribution in [0.15, 0.2) is 114 Å². The smallest absolute Gasteiger partial charge is 0.265 e. The fraction of sp³-hybridized carbons (Fsp3) is 0.107. The van der Waals surface area contributed by atoms with E-state index in [2.05, 4.69) is 10.0 Å². The molecule has 1 atom stereocenters. The molecular weight excluding hydrogens is 460 g/mol. The van der Waals surface area contributed by atoms with E-state index in [0.29, 0.717) is 11.4 Å². The molecule has 2 N–H and O–H groups in total. The normalized spacial score (nSPS) is 12.0. The Kier molecular flexibility index (Phi) is 7.60. The molecule has 1 amide bonds. The quantitative estimate of drug-likeness (QED) is 0.339. The summed E-state index contributed by atoms with van der Waals surface area (Å²) in [5.41, 5.74) is 3.50. The lowest BCUT2D eigenvalue weighted by Gasteiger charge is -2.15. The number of sulfonamides is 1. The maximum atomic E-state index is 12.6. The van der Waals surface area contributed by atoms with Crippen molar-refractivity contribution in [3.63, 3.8) is 0 Å². The molecule has 0 aromatic heterocycles. The summed E-state index contributed by atoms with van der Waals surface area (Å²) in [6.07, 6.45) is -0.742. The van der Waals surface area contributed by atoms with Gasteiger partial charge in [-0.2, -0.15) is 0 Å². The van der Waals surface area contributed by atoms with Crippen molar-refractivity contribution in [2.75, 3.05) is 5.32 Å². The Morgan fingerprint density at radius 3 is 1.97 bits per heavy atom. The van der Waals surface area contributed by atoms with Crippen molar-refractivity contribution >= 4 is 21.6 Å². The number of hydrogen-bond donors (Lipinski definition) is 2. The maximum absolute atomic E-state index is 12.6. The monoisotopic (exact) mass is 486 g/mol. The summed E-state index contributed by atoms with van der Waals surface area (Å²) in [6.45, 7) is 1.86. The maximum Gasteiger partial charge on any atom is 0.265 e. The molecule has 0 aliphatic carbocycles. The number of amides is 1. The van der Waals surface area contributed by atoms with Gasteiger partial charge < -0.3 is 10.1 Å². The van der Waals surface area contributed by atoms with Crippen molar-refractivity contribution in [3.05, 3.63) is 115 Å². The number of anilines is 1. The van der Waals surface area contributed by atoms with E-state index in [0.717, 1.165) is 16.7 Å². The summed E-state index contributed by atoms with van der Waals surface area (Å²) in [5.74, 6) is 0.244. The number of ether oxygens (including phenoxy) is 1. The lowest BCUT2D eigenvalue weighted by atomic mass is 10.1. The first-order valence-electron chi connectivity index (χ1n) is 11.2. The average molecular weight is 487 g/mol. The second-order valence-electron chi connectivity index (χ2n) is 7.97. The first-order chi connectivity index (χ1) is 16.9. The minimum absolute atomic E-state index is 0.120. The van der Waals surface area contributed by atoms with Gasteiger partial charge in [-0.3, -0.25) is 4.79 Å². The zero-order valence-corrected chi connectivity index (χ0v) is 20.0. The van der Waals surface area contributed by atoms with Gasteiger partial charge in [-0.1, -0.05) is 72.8 Å². The summed E-state index contributed by atoms with van der Waals surface area (Å²) in [4.78, 5) is 12.7. The van der Waals surface area contributed by atoms with Gasteiger partial charge in [0.1, 0.15) is 5.75 Å². The minimum Gasteiger partial charge on any atom is -0.481 e. The van der Waals surface area contributed by atoms with Crippen molar-refractivity contribution < 1.29 is 17.9 Å². The summed E-state index contributed by atoms with van der Waals surface area (Å²) in [5, 5.41) is 2.76. The number of carbonyl (C=O) groups is 1. The summed E-state index contributed by atoms with van der Waals surface area (Å²) in [7, 11) is -3.67. The van der Waals surface area contributed by atoms with E-state index in [4.69, 9.17) is 4.74 Å². The van der Waals surface area contributed by atoms with Crippen LogP contribution in [-0.2, 0) is 21.4 Å². The second kappa shape index (κ2) is 11.0. The highest BCUT2D eigenvalue weighted by molar-refractivity contribution is 7.89. The van der Waals surface area contributed by atoms with Gasteiger partial charge in [0.05, 0.1) is 4.90 Å². The number of nitrogens with one attached hydrogen (secondary N) is 2. The number of rotatable bonds is 9. The Bertz CT molecular complexity index is 1360. The summed E-state index contributed by atoms with van der Waals surface area (Å²) in [6, 6.07) is 32.8. The highest BCUT2D eigenvalue weighted by atomic mass is 32.2. The fourth-order valence-corrected chi connectivity index (χ4v) is 4.45. The number of carbonyl (C=O) groups excluding carboxylic acids is 1. The van der Waals surface area contributed by atoms with Gasteiger partial charge in [0.15, 0.2) is 6.10 Å². The van der Waals surface area contributed by atoms with Gasteiger partial charge in [-0.15, -0.1) is 0 Å². The molecule has 4 aromatic carbocycles. The van der Waals surface area contributed by atoms with E-state index in [1.807, 2.05) is 84.9 Å². The molecule has 0 aliphatic heterocycles. The van der Waals surface area contributed by atoms with E-state index in [1.165, 1.54) is 12.1 Å². The third kappa shape index (κ3) is 6.56. The Morgan fingerprint density at radius 2 is 1.34 bits per heavy atom. The molecule has 4 aromatic rings. The van der Waals surface area contributed by atoms with Crippen molar-refractivity contribution in [1.82, 2.24) is 4.72 Å². The molecule has 35 heavy (non-hydrogen) atoms. The molecule has 0 aliphatic rings. The zero-order valence-electron chi connectivity index (χ0n) is 19.2. The predicted octanol–water partition coefficient (Wildman–Crippen LogP) is 5.24. The lowest BCUT2D eigenvalue weighted by molar-refractivity contribution is -0.122. The lowest BCUT2D eigenvalue weighted by Crippen LogP contribution is -2.30. The van der Waals surface area contributed by atoms with E-state index < -0.39 is 16.1 Å². The molecule has 0 heterocycles. The fourth-order valence-electron chi connectivity index (χ4n) is 3.43. The van der Waals surface area contributed by atoms with E-state index in [-0.39, 0.29) is 17.3 Å². The number of hydrogen-bond acceptors (Lipinski definition) is 4. The van der Waals surface area contributed by atoms with Gasteiger partial charge in [-0.25, -0.2) is 13.1 Å². The Morgan fingerprint density at radius 1 is 0.771 bits per heavy atom. The molecule has 7 heteroatoms. The van der Waals surface area contributed by atoms with Crippen LogP contribution in [0.3, 0.4) is 0 Å². The molecule has 0 saturated carbocycles. The third-order valence-electron chi connectivity index (χ3n) is 5.38. The molecule has 0 radical (unpaired) electrons. The molecule has 1 unspecified atom stereocenters. The van der Waals surface area contributed by atoms with E-state index in [1.54, 1.807) is 19.1 Å². The van der Waals surface area contributed by atoms with Crippen LogP contribution < -0.4 is 14.8 Å². The van der Waals surface area contributed by atoms with Crippen LogP contribution in [-0.4, -0.2) is 20.4 Å². The Hall–Kier alpha value is -3.94. The topological polar surface area (TPSA) is 84.5 Å². The van der Waals surface area contributed by atoms with Crippen LogP contribution in [0.4, 0.5) is 5.69 Å². The van der Waals surface area contributed by atoms with E-state index >= 15 is 0 Å². The Balaban J connectivity index is 1.32. The van der Waals surface area contributed by atoms with Crippen molar-refractivity contribution in [2.24, 2.45) is 0 Å². The molecule has 0 bridgehead atoms. The van der Waals surface area contributed by atoms with Crippen molar-refractivity contribution in [3.8, 4) is 16.9 Å². The van der Waals surface area contributed by atoms with Gasteiger partial charge in [0.2, 0.25) is 10.0 Å². The van der Waals surface area contributed by atoms with Crippen LogP contribution in [0.25, 0.3) is 11.1 Å². The molecule has 178 valence electrons. The molecule has 4 rings (SSSR count). The van der Waals surface area contributed by atoms with Crippen LogP contribution in [0.1, 0.15) is 12.5 Å². The van der Waals surface area contributed by atoms with Crippen molar-refractivity contribution in [1.29, 1.82) is 0 Å². The highest BCUT2D eigenvalue weighted by Crippen LogP contribution is 2.23. The molecule has 0 fully saturated rings. The van der Waals surface area contributed by atoms with Crippen LogP contribution >= 0.6 is 0 Å². The van der Waals surface area contributed by atoms with Crippen LogP contribution in [0, 0.1) is 0 Å². The van der Waals surface area contributed by atoms with Crippen molar-refractivity contribution in [2.45, 2.75) is 24.5 Å². The second-order valence-corrected chi connectivity index (χ2v) is 9.74. The summed E-state index contributed by atoms with van der Waals surface area (Å²) >= 11 is 0. The molecule has 6 nitrogen and oxygen atoms in total. The average Bonchev–Trinajstić information content (AvgIpc) is 2.89. The van der Waals surface area contributed by atoms with Gasteiger partial charge >= 0.3 is 0 Å². The van der Waals surface area contributed by atoms with Crippen LogP contribution in [0.5, 0.6) is 5.75 Å². The highest BCUT2D eigenvalue weighted by Gasteiger charge is 2.17. The SMILES string of the molecule is CC(Oc1ccc(-c2ccccc2)cc1)C(=O)Nc1ccc(S(=O)(=O)NCc2ccccc2)cc1. The van der Waals surface area contributed by atoms with Gasteiger partial charge in [0.25, 0.3) is 5.91 Å². The molecular formula is C28H26N2O4S. The first kappa shape index (κ1) is 24.2. The number of benzene rings is 4. The standard InChI is InChI=1S/C28H26N2O4S/c1-21(34-26-16-12-24(13-17-26)23-10-6-3-7-11-23)28(31)30-25-14-18-27(19-15-25)35(32,33)29-20-22-8-4-2-5-9-22/h2-19,21,29H,20H2,1H3,(H,30,31).